The Balaban J connectivity index is 1.49. The second-order valence-electron chi connectivity index (χ2n) is 7.56. The van der Waals surface area contributed by atoms with E-state index in [1.165, 1.54) is 40.2 Å². The standard InChI is InChI=1S/C23H22N4O4S3/c24-23(25)33-11-14-8-4-5-9-15(14)34-16-12-32-21-18(20(29)27(21)19(16)22(30)31)26-17(28)10-13-6-2-1-3-7-13/h1-9,18,21H,10-12H2,(H3,24,25)(H,26,28)(H,30,31)/t18-,21-/m1/s1. The van der Waals surface area contributed by atoms with Crippen LogP contribution in [0, 0.1) is 5.41 Å². The Kier molecular flexibility index (Phi) is 7.54. The van der Waals surface area contributed by atoms with E-state index in [0.29, 0.717) is 16.4 Å². The van der Waals surface area contributed by atoms with Gasteiger partial charge in [0.2, 0.25) is 5.91 Å². The fourth-order valence-corrected chi connectivity index (χ4v) is 6.94. The van der Waals surface area contributed by atoms with Gasteiger partial charge >= 0.3 is 5.97 Å². The van der Waals surface area contributed by atoms with Crippen LogP contribution in [0.2, 0.25) is 0 Å². The van der Waals surface area contributed by atoms with Crippen molar-refractivity contribution < 1.29 is 19.5 Å². The van der Waals surface area contributed by atoms with E-state index in [1.54, 1.807) is 0 Å². The topological polar surface area (TPSA) is 137 Å². The number of amidine groups is 1. The molecule has 2 aromatic carbocycles. The maximum Gasteiger partial charge on any atom is 0.353 e. The van der Waals surface area contributed by atoms with E-state index >= 15 is 0 Å². The van der Waals surface area contributed by atoms with E-state index in [2.05, 4.69) is 5.32 Å². The van der Waals surface area contributed by atoms with Crippen molar-refractivity contribution in [3.8, 4) is 0 Å². The molecule has 2 aliphatic rings. The summed E-state index contributed by atoms with van der Waals surface area (Å²) in [6, 6.07) is 16.0. The van der Waals surface area contributed by atoms with Crippen LogP contribution in [0.3, 0.4) is 0 Å². The first kappa shape index (κ1) is 24.2. The van der Waals surface area contributed by atoms with Gasteiger partial charge in [0, 0.05) is 21.3 Å². The summed E-state index contributed by atoms with van der Waals surface area (Å²) in [5.74, 6) is -0.981. The normalized spacial score (nSPS) is 19.3. The lowest BCUT2D eigenvalue weighted by Crippen LogP contribution is -2.70. The van der Waals surface area contributed by atoms with Crippen LogP contribution in [0.1, 0.15) is 11.1 Å². The summed E-state index contributed by atoms with van der Waals surface area (Å²) in [5, 5.41) is 19.7. The zero-order chi connectivity index (χ0) is 24.2. The molecular formula is C23H22N4O4S3. The Hall–Kier alpha value is -2.89. The number of fused-ring (bicyclic) bond motifs is 1. The Morgan fingerprint density at radius 1 is 1.18 bits per heavy atom. The molecule has 4 rings (SSSR count). The number of amides is 2. The minimum absolute atomic E-state index is 0.00726. The molecule has 2 amide bonds. The van der Waals surface area contributed by atoms with E-state index in [9.17, 15) is 19.5 Å². The first-order chi connectivity index (χ1) is 16.3. The summed E-state index contributed by atoms with van der Waals surface area (Å²) in [4.78, 5) is 40.2. The van der Waals surface area contributed by atoms with Gasteiger partial charge in [-0.25, -0.2) is 4.79 Å². The molecule has 0 spiro atoms. The zero-order valence-electron chi connectivity index (χ0n) is 17.9. The molecule has 8 nitrogen and oxygen atoms in total. The largest absolute Gasteiger partial charge is 0.477 e. The first-order valence-electron chi connectivity index (χ1n) is 10.3. The molecule has 0 aromatic heterocycles. The molecule has 11 heteroatoms. The summed E-state index contributed by atoms with van der Waals surface area (Å²) in [7, 11) is 0. The summed E-state index contributed by atoms with van der Waals surface area (Å²) in [6.07, 6.45) is 0.153. The molecule has 2 aliphatic heterocycles. The van der Waals surface area contributed by atoms with Crippen LogP contribution in [-0.2, 0) is 26.6 Å². The highest BCUT2D eigenvalue weighted by molar-refractivity contribution is 8.13. The molecule has 176 valence electrons. The van der Waals surface area contributed by atoms with Crippen molar-refractivity contribution in [2.45, 2.75) is 28.5 Å². The highest BCUT2D eigenvalue weighted by Gasteiger charge is 2.54. The van der Waals surface area contributed by atoms with Gasteiger partial charge in [-0.2, -0.15) is 0 Å². The van der Waals surface area contributed by atoms with Crippen LogP contribution in [0.5, 0.6) is 0 Å². The van der Waals surface area contributed by atoms with Crippen molar-refractivity contribution in [2.75, 3.05) is 5.75 Å². The van der Waals surface area contributed by atoms with E-state index in [0.717, 1.165) is 16.0 Å². The van der Waals surface area contributed by atoms with Crippen molar-refractivity contribution >= 4 is 58.2 Å². The summed E-state index contributed by atoms with van der Waals surface area (Å²) in [5.41, 5.74) is 7.19. The number of carboxylic acid groups (broad SMARTS) is 1. The van der Waals surface area contributed by atoms with E-state index in [-0.39, 0.29) is 23.2 Å². The van der Waals surface area contributed by atoms with Gasteiger partial charge in [-0.05, 0) is 17.2 Å². The van der Waals surface area contributed by atoms with Gasteiger partial charge in [-0.3, -0.25) is 19.9 Å². The second-order valence-corrected chi connectivity index (χ2v) is 10.8. The third kappa shape index (κ3) is 5.26. The van der Waals surface area contributed by atoms with Gasteiger partial charge in [0.25, 0.3) is 5.91 Å². The first-order valence-corrected chi connectivity index (χ1v) is 13.2. The van der Waals surface area contributed by atoms with Crippen molar-refractivity contribution in [2.24, 2.45) is 5.73 Å². The van der Waals surface area contributed by atoms with E-state index in [4.69, 9.17) is 11.1 Å². The minimum atomic E-state index is -1.18. The van der Waals surface area contributed by atoms with E-state index in [1.807, 2.05) is 54.6 Å². The lowest BCUT2D eigenvalue weighted by atomic mass is 10.0. The molecule has 2 aromatic rings. The van der Waals surface area contributed by atoms with Crippen LogP contribution in [0.25, 0.3) is 0 Å². The molecular weight excluding hydrogens is 492 g/mol. The number of hydrogen-bond acceptors (Lipinski definition) is 7. The number of carbonyl (C=O) groups is 3. The number of benzene rings is 2. The number of carbonyl (C=O) groups excluding carboxylic acids is 2. The van der Waals surface area contributed by atoms with Crippen LogP contribution >= 0.6 is 35.3 Å². The maximum absolute atomic E-state index is 12.9. The SMILES string of the molecule is N=C(N)SCc1ccccc1SC1=C(C(=O)O)N2C(=O)[C@@H](NC(=O)Cc3ccccc3)[C@H]2SC1. The molecule has 34 heavy (non-hydrogen) atoms. The minimum Gasteiger partial charge on any atom is -0.477 e. The molecule has 2 heterocycles. The molecule has 0 unspecified atom stereocenters. The lowest BCUT2D eigenvalue weighted by molar-refractivity contribution is -0.150. The van der Waals surface area contributed by atoms with Crippen LogP contribution in [0.4, 0.5) is 0 Å². The molecule has 1 fully saturated rings. The highest BCUT2D eigenvalue weighted by atomic mass is 32.2. The second kappa shape index (κ2) is 10.6. The molecule has 1 saturated heterocycles. The van der Waals surface area contributed by atoms with Crippen molar-refractivity contribution in [1.82, 2.24) is 10.2 Å². The van der Waals surface area contributed by atoms with Crippen LogP contribution < -0.4 is 11.1 Å². The third-order valence-electron chi connectivity index (χ3n) is 5.25. The van der Waals surface area contributed by atoms with Gasteiger partial charge in [0.15, 0.2) is 5.17 Å². The Labute approximate surface area is 209 Å². The maximum atomic E-state index is 12.9. The quantitative estimate of drug-likeness (QED) is 0.240. The fourth-order valence-electron chi connectivity index (χ4n) is 3.69. The van der Waals surface area contributed by atoms with Crippen molar-refractivity contribution in [3.05, 3.63) is 76.3 Å². The highest BCUT2D eigenvalue weighted by Crippen LogP contribution is 2.45. The van der Waals surface area contributed by atoms with Crippen molar-refractivity contribution in [3.63, 3.8) is 0 Å². The average molecular weight is 515 g/mol. The summed E-state index contributed by atoms with van der Waals surface area (Å²) >= 11 is 3.94. The number of aliphatic carboxylic acids is 1. The fraction of sp³-hybridized carbons (Fsp3) is 0.217. The molecule has 0 saturated carbocycles. The van der Waals surface area contributed by atoms with Crippen molar-refractivity contribution in [1.29, 1.82) is 5.41 Å². The van der Waals surface area contributed by atoms with Gasteiger partial charge in [0.05, 0.1) is 6.42 Å². The predicted molar refractivity (Wildman–Crippen MR) is 135 cm³/mol. The molecule has 0 aliphatic carbocycles. The zero-order valence-corrected chi connectivity index (χ0v) is 20.3. The number of nitrogens with two attached hydrogens (primary N) is 1. The Bertz CT molecular complexity index is 1170. The monoisotopic (exact) mass is 514 g/mol. The smallest absolute Gasteiger partial charge is 0.353 e. The third-order valence-corrected chi connectivity index (χ3v) is 8.68. The number of thioether (sulfide) groups is 3. The number of nitrogens with one attached hydrogen (secondary N) is 2. The van der Waals surface area contributed by atoms with Crippen LogP contribution in [0.15, 0.2) is 70.1 Å². The van der Waals surface area contributed by atoms with Gasteiger partial charge in [-0.1, -0.05) is 72.1 Å². The lowest BCUT2D eigenvalue weighted by Gasteiger charge is -2.49. The molecule has 5 N–H and O–H groups in total. The summed E-state index contributed by atoms with van der Waals surface area (Å²) in [6.45, 7) is 0. The number of hydrogen-bond donors (Lipinski definition) is 4. The Morgan fingerprint density at radius 2 is 1.88 bits per heavy atom. The number of rotatable bonds is 8. The predicted octanol–water partition coefficient (Wildman–Crippen LogP) is 2.84. The number of β-lactam (4-membered cyclic amide) rings is 1. The van der Waals surface area contributed by atoms with Gasteiger partial charge in [0.1, 0.15) is 17.1 Å². The van der Waals surface area contributed by atoms with Gasteiger partial charge in [-0.15, -0.1) is 11.8 Å². The van der Waals surface area contributed by atoms with E-state index < -0.39 is 23.3 Å². The Morgan fingerprint density at radius 3 is 2.59 bits per heavy atom. The number of carboxylic acids is 1. The van der Waals surface area contributed by atoms with Gasteiger partial charge < -0.3 is 16.2 Å². The van der Waals surface area contributed by atoms with Crippen LogP contribution in [-0.4, -0.2) is 50.1 Å². The molecule has 2 atom stereocenters. The molecule has 0 radical (unpaired) electrons. The summed E-state index contributed by atoms with van der Waals surface area (Å²) < 4.78 is 0. The average Bonchev–Trinajstić information content (AvgIpc) is 2.82. The number of nitrogens with zero attached hydrogens (tertiary/aromatic N) is 1. The molecule has 0 bridgehead atoms.